The summed E-state index contributed by atoms with van der Waals surface area (Å²) in [7, 11) is 0. The molecule has 0 radical (unpaired) electrons. The fourth-order valence-corrected chi connectivity index (χ4v) is 3.10. The Hall–Kier alpha value is -1.48. The Kier molecular flexibility index (Phi) is 3.70. The molecular weight excluding hydrogens is 274 g/mol. The van der Waals surface area contributed by atoms with Gasteiger partial charge in [-0.15, -0.1) is 0 Å². The lowest BCUT2D eigenvalue weighted by atomic mass is 10.1. The van der Waals surface area contributed by atoms with Crippen LogP contribution in [0.2, 0.25) is 5.02 Å². The molecule has 1 aromatic carbocycles. The van der Waals surface area contributed by atoms with Crippen LogP contribution in [0.25, 0.3) is 10.9 Å². The maximum atomic E-state index is 6.55. The van der Waals surface area contributed by atoms with Gasteiger partial charge in [0.15, 0.2) is 11.5 Å². The third-order valence-electron chi connectivity index (χ3n) is 3.61. The van der Waals surface area contributed by atoms with E-state index in [2.05, 4.69) is 0 Å². The molecule has 106 valence electrons. The first-order chi connectivity index (χ1) is 9.74. The molecule has 3 nitrogen and oxygen atoms in total. The molecule has 0 amide bonds. The molecule has 0 fully saturated rings. The van der Waals surface area contributed by atoms with E-state index in [9.17, 15) is 0 Å². The summed E-state index contributed by atoms with van der Waals surface area (Å²) in [5.41, 5.74) is 3.22. The number of rotatable bonds is 4. The summed E-state index contributed by atoms with van der Waals surface area (Å²) in [6, 6.07) is 3.89. The van der Waals surface area contributed by atoms with Crippen molar-refractivity contribution < 1.29 is 9.47 Å². The zero-order chi connectivity index (χ0) is 14.1. The number of pyridine rings is 1. The van der Waals surface area contributed by atoms with Gasteiger partial charge in [0.2, 0.25) is 0 Å². The zero-order valence-corrected chi connectivity index (χ0v) is 12.6. The predicted molar refractivity (Wildman–Crippen MR) is 81.1 cm³/mol. The standard InChI is InChI=1S/C16H18ClNO2/c1-3-19-14-8-11-13(9-15(14)20-4-2)18-12-7-5-6-10(12)16(11)17/h8-9H,3-7H2,1-2H3. The van der Waals surface area contributed by atoms with Crippen LogP contribution in [-0.4, -0.2) is 18.2 Å². The second-order valence-corrected chi connectivity index (χ2v) is 5.26. The molecule has 0 saturated heterocycles. The Morgan fingerprint density at radius 1 is 1.10 bits per heavy atom. The number of aryl methyl sites for hydroxylation is 1. The molecular formula is C16H18ClNO2. The zero-order valence-electron chi connectivity index (χ0n) is 11.8. The summed E-state index contributed by atoms with van der Waals surface area (Å²) in [6.07, 6.45) is 3.17. The fourth-order valence-electron chi connectivity index (χ4n) is 2.75. The Morgan fingerprint density at radius 2 is 1.80 bits per heavy atom. The number of halogens is 1. The highest BCUT2D eigenvalue weighted by Gasteiger charge is 2.20. The van der Waals surface area contributed by atoms with Gasteiger partial charge in [-0.3, -0.25) is 4.98 Å². The monoisotopic (exact) mass is 291 g/mol. The van der Waals surface area contributed by atoms with Crippen molar-refractivity contribution in [2.24, 2.45) is 0 Å². The maximum Gasteiger partial charge on any atom is 0.163 e. The van der Waals surface area contributed by atoms with Crippen molar-refractivity contribution in [1.29, 1.82) is 0 Å². The van der Waals surface area contributed by atoms with Gasteiger partial charge in [0, 0.05) is 17.1 Å². The van der Waals surface area contributed by atoms with Crippen LogP contribution in [0.15, 0.2) is 12.1 Å². The lowest BCUT2D eigenvalue weighted by molar-refractivity contribution is 0.288. The Bertz CT molecular complexity index is 655. The van der Waals surface area contributed by atoms with Crippen molar-refractivity contribution in [2.45, 2.75) is 33.1 Å². The topological polar surface area (TPSA) is 31.4 Å². The minimum absolute atomic E-state index is 0.599. The largest absolute Gasteiger partial charge is 0.490 e. The minimum Gasteiger partial charge on any atom is -0.490 e. The summed E-state index contributed by atoms with van der Waals surface area (Å²) in [5.74, 6) is 1.48. The van der Waals surface area contributed by atoms with Crippen molar-refractivity contribution in [3.05, 3.63) is 28.4 Å². The molecule has 3 rings (SSSR count). The lowest BCUT2D eigenvalue weighted by Gasteiger charge is -2.14. The van der Waals surface area contributed by atoms with Crippen LogP contribution in [0.5, 0.6) is 11.5 Å². The van der Waals surface area contributed by atoms with Crippen molar-refractivity contribution in [1.82, 2.24) is 4.98 Å². The fraction of sp³-hybridized carbons (Fsp3) is 0.438. The molecule has 0 unspecified atom stereocenters. The van der Waals surface area contributed by atoms with Crippen LogP contribution in [0.1, 0.15) is 31.5 Å². The first-order valence-electron chi connectivity index (χ1n) is 7.15. The highest BCUT2D eigenvalue weighted by atomic mass is 35.5. The highest BCUT2D eigenvalue weighted by molar-refractivity contribution is 6.36. The maximum absolute atomic E-state index is 6.55. The molecule has 0 N–H and O–H groups in total. The molecule has 1 aliphatic rings. The number of hydrogen-bond acceptors (Lipinski definition) is 3. The van der Waals surface area contributed by atoms with Crippen LogP contribution < -0.4 is 9.47 Å². The summed E-state index contributed by atoms with van der Waals surface area (Å²) >= 11 is 6.55. The number of ether oxygens (including phenoxy) is 2. The van der Waals surface area contributed by atoms with E-state index >= 15 is 0 Å². The third-order valence-corrected chi connectivity index (χ3v) is 4.04. The van der Waals surface area contributed by atoms with Gasteiger partial charge in [0.1, 0.15) is 0 Å². The van der Waals surface area contributed by atoms with E-state index in [4.69, 9.17) is 26.1 Å². The molecule has 0 bridgehead atoms. The van der Waals surface area contributed by atoms with Crippen LogP contribution in [-0.2, 0) is 12.8 Å². The first-order valence-corrected chi connectivity index (χ1v) is 7.53. The van der Waals surface area contributed by atoms with Gasteiger partial charge in [-0.05, 0) is 44.7 Å². The van der Waals surface area contributed by atoms with Gasteiger partial charge in [-0.2, -0.15) is 0 Å². The van der Waals surface area contributed by atoms with E-state index in [-0.39, 0.29) is 0 Å². The van der Waals surface area contributed by atoms with Gasteiger partial charge >= 0.3 is 0 Å². The van der Waals surface area contributed by atoms with E-state index in [0.717, 1.165) is 52.4 Å². The quantitative estimate of drug-likeness (QED) is 0.847. The van der Waals surface area contributed by atoms with Gasteiger partial charge in [-0.25, -0.2) is 0 Å². The number of benzene rings is 1. The van der Waals surface area contributed by atoms with Crippen molar-refractivity contribution in [3.8, 4) is 11.5 Å². The summed E-state index contributed by atoms with van der Waals surface area (Å²) in [6.45, 7) is 5.12. The SMILES string of the molecule is CCOc1cc2nc3c(c(Cl)c2cc1OCC)CCC3. The van der Waals surface area contributed by atoms with Crippen LogP contribution in [0, 0.1) is 0 Å². The molecule has 1 aromatic heterocycles. The van der Waals surface area contributed by atoms with Crippen molar-refractivity contribution in [3.63, 3.8) is 0 Å². The van der Waals surface area contributed by atoms with Crippen LogP contribution in [0.3, 0.4) is 0 Å². The van der Waals surface area contributed by atoms with Gasteiger partial charge in [0.25, 0.3) is 0 Å². The second kappa shape index (κ2) is 5.49. The second-order valence-electron chi connectivity index (χ2n) is 4.89. The Labute approximate surface area is 123 Å². The van der Waals surface area contributed by atoms with Gasteiger partial charge in [0.05, 0.1) is 23.8 Å². The van der Waals surface area contributed by atoms with Crippen molar-refractivity contribution in [2.75, 3.05) is 13.2 Å². The average molecular weight is 292 g/mol. The lowest BCUT2D eigenvalue weighted by Crippen LogP contribution is -2.00. The third kappa shape index (κ3) is 2.20. The number of fused-ring (bicyclic) bond motifs is 2. The Morgan fingerprint density at radius 3 is 2.50 bits per heavy atom. The van der Waals surface area contributed by atoms with E-state index < -0.39 is 0 Å². The van der Waals surface area contributed by atoms with Crippen LogP contribution >= 0.6 is 11.6 Å². The van der Waals surface area contributed by atoms with Crippen molar-refractivity contribution >= 4 is 22.5 Å². The molecule has 0 spiro atoms. The molecule has 0 atom stereocenters. The number of hydrogen-bond donors (Lipinski definition) is 0. The normalized spacial score (nSPS) is 13.6. The molecule has 1 aliphatic carbocycles. The van der Waals surface area contributed by atoms with E-state index in [0.29, 0.717) is 13.2 Å². The molecule has 20 heavy (non-hydrogen) atoms. The molecule has 4 heteroatoms. The van der Waals surface area contributed by atoms with E-state index in [1.54, 1.807) is 0 Å². The molecule has 0 aliphatic heterocycles. The summed E-state index contributed by atoms with van der Waals surface area (Å²) < 4.78 is 11.3. The number of nitrogens with zero attached hydrogens (tertiary/aromatic N) is 1. The smallest absolute Gasteiger partial charge is 0.163 e. The molecule has 2 aromatic rings. The van der Waals surface area contributed by atoms with E-state index in [1.807, 2.05) is 26.0 Å². The summed E-state index contributed by atoms with van der Waals surface area (Å²) in [4.78, 5) is 4.74. The summed E-state index contributed by atoms with van der Waals surface area (Å²) in [5, 5.41) is 1.78. The predicted octanol–water partition coefficient (Wildman–Crippen LogP) is 4.17. The van der Waals surface area contributed by atoms with E-state index in [1.165, 1.54) is 5.56 Å². The average Bonchev–Trinajstić information content (AvgIpc) is 2.89. The highest BCUT2D eigenvalue weighted by Crippen LogP contribution is 2.39. The first kappa shape index (κ1) is 13.5. The minimum atomic E-state index is 0.599. The molecule has 0 saturated carbocycles. The molecule has 1 heterocycles. The van der Waals surface area contributed by atoms with Crippen LogP contribution in [0.4, 0.5) is 0 Å². The number of aromatic nitrogens is 1. The van der Waals surface area contributed by atoms with Gasteiger partial charge in [-0.1, -0.05) is 11.6 Å². The van der Waals surface area contributed by atoms with Gasteiger partial charge < -0.3 is 9.47 Å². The Balaban J connectivity index is 2.21.